The first kappa shape index (κ1) is 15.4. The van der Waals surface area contributed by atoms with Gasteiger partial charge in [0.2, 0.25) is 0 Å². The van der Waals surface area contributed by atoms with Crippen LogP contribution in [-0.4, -0.2) is 35.5 Å². The third-order valence-electron chi connectivity index (χ3n) is 3.20. The van der Waals surface area contributed by atoms with Gasteiger partial charge in [-0.15, -0.1) is 0 Å². The molecule has 1 aromatic rings. The number of likely N-dealkylation sites (N-methyl/N-ethyl adjacent to an activating group) is 1. The average Bonchev–Trinajstić information content (AvgIpc) is 2.35. The van der Waals surface area contributed by atoms with E-state index >= 15 is 0 Å². The second-order valence-corrected chi connectivity index (χ2v) is 4.93. The minimum Gasteiger partial charge on any atom is -0.378 e. The van der Waals surface area contributed by atoms with Gasteiger partial charge in [0.1, 0.15) is 5.69 Å². The molecule has 0 aromatic heterocycles. The number of aryl methyl sites for hydroxylation is 1. The second kappa shape index (κ2) is 7.09. The molecule has 1 N–H and O–H groups in total. The fourth-order valence-corrected chi connectivity index (χ4v) is 2.06. The number of benzene rings is 1. The summed E-state index contributed by atoms with van der Waals surface area (Å²) in [4.78, 5) is 13.0. The molecule has 1 aromatic carbocycles. The smallest absolute Gasteiger partial charge is 0.292 e. The molecule has 5 nitrogen and oxygen atoms in total. The first-order chi connectivity index (χ1) is 8.95. The third-order valence-corrected chi connectivity index (χ3v) is 3.20. The molecule has 0 aliphatic heterocycles. The summed E-state index contributed by atoms with van der Waals surface area (Å²) in [5, 5.41) is 14.1. The molecule has 0 fully saturated rings. The lowest BCUT2D eigenvalue weighted by Gasteiger charge is -2.24. The molecular formula is C14H23N3O2. The maximum absolute atomic E-state index is 11.0. The van der Waals surface area contributed by atoms with E-state index in [1.54, 1.807) is 12.1 Å². The fourth-order valence-electron chi connectivity index (χ4n) is 2.06. The first-order valence-corrected chi connectivity index (χ1v) is 6.68. The van der Waals surface area contributed by atoms with Crippen molar-refractivity contribution in [1.82, 2.24) is 4.90 Å². The van der Waals surface area contributed by atoms with Gasteiger partial charge < -0.3 is 5.32 Å². The van der Waals surface area contributed by atoms with Crippen LogP contribution in [0.4, 0.5) is 11.4 Å². The van der Waals surface area contributed by atoms with Gasteiger partial charge in [0.05, 0.1) is 4.92 Å². The molecule has 0 aliphatic carbocycles. The van der Waals surface area contributed by atoms with Crippen molar-refractivity contribution in [2.24, 2.45) is 0 Å². The van der Waals surface area contributed by atoms with Gasteiger partial charge in [-0.2, -0.15) is 0 Å². The van der Waals surface area contributed by atoms with Gasteiger partial charge in [-0.3, -0.25) is 15.0 Å². The molecule has 19 heavy (non-hydrogen) atoms. The Kier molecular flexibility index (Phi) is 5.76. The van der Waals surface area contributed by atoms with Crippen molar-refractivity contribution < 1.29 is 4.92 Å². The van der Waals surface area contributed by atoms with Gasteiger partial charge >= 0.3 is 0 Å². The van der Waals surface area contributed by atoms with Crippen LogP contribution in [0.15, 0.2) is 18.2 Å². The van der Waals surface area contributed by atoms with Crippen molar-refractivity contribution in [1.29, 1.82) is 0 Å². The molecule has 0 spiro atoms. The summed E-state index contributed by atoms with van der Waals surface area (Å²) in [6.07, 6.45) is 0. The van der Waals surface area contributed by atoms with Crippen LogP contribution >= 0.6 is 0 Å². The van der Waals surface area contributed by atoms with Gasteiger partial charge in [-0.1, -0.05) is 13.0 Å². The topological polar surface area (TPSA) is 58.4 Å². The first-order valence-electron chi connectivity index (χ1n) is 6.68. The van der Waals surface area contributed by atoms with Crippen LogP contribution in [0.5, 0.6) is 0 Å². The van der Waals surface area contributed by atoms with Gasteiger partial charge in [0.25, 0.3) is 5.69 Å². The summed E-state index contributed by atoms with van der Waals surface area (Å²) >= 11 is 0. The SMILES string of the molecule is CCN(CCNc1ccc(C)cc1[N+](=O)[O-])C(C)C. The van der Waals surface area contributed by atoms with E-state index in [0.717, 1.165) is 18.7 Å². The Morgan fingerprint density at radius 1 is 1.42 bits per heavy atom. The molecule has 0 saturated heterocycles. The lowest BCUT2D eigenvalue weighted by Crippen LogP contribution is -2.34. The lowest BCUT2D eigenvalue weighted by atomic mass is 10.2. The third kappa shape index (κ3) is 4.52. The predicted octanol–water partition coefficient (Wildman–Crippen LogP) is 3.05. The van der Waals surface area contributed by atoms with E-state index in [9.17, 15) is 10.1 Å². The Bertz CT molecular complexity index is 433. The van der Waals surface area contributed by atoms with E-state index in [1.807, 2.05) is 13.0 Å². The lowest BCUT2D eigenvalue weighted by molar-refractivity contribution is -0.384. The summed E-state index contributed by atoms with van der Waals surface area (Å²) in [5.74, 6) is 0. The number of nitrogens with one attached hydrogen (secondary N) is 1. The molecule has 5 heteroatoms. The molecule has 0 aliphatic rings. The summed E-state index contributed by atoms with van der Waals surface area (Å²) in [7, 11) is 0. The molecule has 0 atom stereocenters. The molecule has 0 radical (unpaired) electrons. The summed E-state index contributed by atoms with van der Waals surface area (Å²) < 4.78 is 0. The number of nitrogens with zero attached hydrogens (tertiary/aromatic N) is 2. The maximum Gasteiger partial charge on any atom is 0.292 e. The zero-order valence-electron chi connectivity index (χ0n) is 12.1. The molecule has 1 rings (SSSR count). The highest BCUT2D eigenvalue weighted by atomic mass is 16.6. The summed E-state index contributed by atoms with van der Waals surface area (Å²) in [6, 6.07) is 5.75. The maximum atomic E-state index is 11.0. The quantitative estimate of drug-likeness (QED) is 0.608. The standard InChI is InChI=1S/C14H23N3O2/c1-5-16(11(2)3)9-8-15-13-7-6-12(4)10-14(13)17(18)19/h6-7,10-11,15H,5,8-9H2,1-4H3. The monoisotopic (exact) mass is 265 g/mol. The highest BCUT2D eigenvalue weighted by Crippen LogP contribution is 2.24. The Hall–Kier alpha value is -1.62. The van der Waals surface area contributed by atoms with Crippen LogP contribution < -0.4 is 5.32 Å². The molecule has 0 heterocycles. The van der Waals surface area contributed by atoms with Crippen LogP contribution in [0.1, 0.15) is 26.3 Å². The van der Waals surface area contributed by atoms with E-state index in [-0.39, 0.29) is 10.6 Å². The summed E-state index contributed by atoms with van der Waals surface area (Å²) in [6.45, 7) is 10.8. The van der Waals surface area contributed by atoms with E-state index < -0.39 is 0 Å². The molecule has 0 amide bonds. The van der Waals surface area contributed by atoms with Gasteiger partial charge in [-0.05, 0) is 38.9 Å². The predicted molar refractivity (Wildman–Crippen MR) is 78.7 cm³/mol. The van der Waals surface area contributed by atoms with E-state index in [1.165, 1.54) is 0 Å². The van der Waals surface area contributed by atoms with Crippen LogP contribution in [0.25, 0.3) is 0 Å². The van der Waals surface area contributed by atoms with Crippen LogP contribution in [0.2, 0.25) is 0 Å². The van der Waals surface area contributed by atoms with Crippen molar-refractivity contribution in [2.75, 3.05) is 25.0 Å². The Labute approximate surface area is 114 Å². The van der Waals surface area contributed by atoms with Crippen molar-refractivity contribution >= 4 is 11.4 Å². The Morgan fingerprint density at radius 2 is 2.11 bits per heavy atom. The highest BCUT2D eigenvalue weighted by Gasteiger charge is 2.13. The zero-order valence-corrected chi connectivity index (χ0v) is 12.1. The largest absolute Gasteiger partial charge is 0.378 e. The molecule has 0 bridgehead atoms. The van der Waals surface area contributed by atoms with Gasteiger partial charge in [0, 0.05) is 25.2 Å². The number of hydrogen-bond donors (Lipinski definition) is 1. The number of hydrogen-bond acceptors (Lipinski definition) is 4. The second-order valence-electron chi connectivity index (χ2n) is 4.93. The van der Waals surface area contributed by atoms with Crippen molar-refractivity contribution in [3.63, 3.8) is 0 Å². The molecular weight excluding hydrogens is 242 g/mol. The van der Waals surface area contributed by atoms with Crippen molar-refractivity contribution in [3.8, 4) is 0 Å². The minimum atomic E-state index is -0.338. The van der Waals surface area contributed by atoms with Crippen LogP contribution in [-0.2, 0) is 0 Å². The van der Waals surface area contributed by atoms with Gasteiger partial charge in [-0.25, -0.2) is 0 Å². The molecule has 106 valence electrons. The van der Waals surface area contributed by atoms with Crippen molar-refractivity contribution in [2.45, 2.75) is 33.7 Å². The summed E-state index contributed by atoms with van der Waals surface area (Å²) in [5.41, 5.74) is 1.64. The average molecular weight is 265 g/mol. The number of nitro groups is 1. The van der Waals surface area contributed by atoms with Crippen molar-refractivity contribution in [3.05, 3.63) is 33.9 Å². The Balaban J connectivity index is 2.65. The van der Waals surface area contributed by atoms with E-state index in [0.29, 0.717) is 18.3 Å². The zero-order chi connectivity index (χ0) is 14.4. The molecule has 0 unspecified atom stereocenters. The Morgan fingerprint density at radius 3 is 2.63 bits per heavy atom. The van der Waals surface area contributed by atoms with E-state index in [4.69, 9.17) is 0 Å². The van der Waals surface area contributed by atoms with Crippen LogP contribution in [0, 0.1) is 17.0 Å². The highest BCUT2D eigenvalue weighted by molar-refractivity contribution is 5.62. The fraction of sp³-hybridized carbons (Fsp3) is 0.571. The van der Waals surface area contributed by atoms with Crippen LogP contribution in [0.3, 0.4) is 0 Å². The van der Waals surface area contributed by atoms with Gasteiger partial charge in [0.15, 0.2) is 0 Å². The molecule has 0 saturated carbocycles. The number of anilines is 1. The normalized spacial score (nSPS) is 11.1. The van der Waals surface area contributed by atoms with E-state index in [2.05, 4.69) is 31.0 Å². The number of nitro benzene ring substituents is 1. The number of rotatable bonds is 7. The minimum absolute atomic E-state index is 0.146.